The number of rotatable bonds is 5. The first kappa shape index (κ1) is 13.6. The number of hydrogen-bond acceptors (Lipinski definition) is 2. The van der Waals surface area contributed by atoms with Gasteiger partial charge < -0.3 is 5.73 Å². The summed E-state index contributed by atoms with van der Waals surface area (Å²) in [5, 5.41) is 0. The smallest absolute Gasteiger partial charge is 0.0233 e. The SMILES string of the molecule is Cc1cccc(CN2CCCC(CCCN)C2)c1. The number of aryl methyl sites for hydroxylation is 1. The monoisotopic (exact) mass is 246 g/mol. The fourth-order valence-corrected chi connectivity index (χ4v) is 3.01. The van der Waals surface area contributed by atoms with E-state index in [4.69, 9.17) is 5.73 Å². The molecular weight excluding hydrogens is 220 g/mol. The van der Waals surface area contributed by atoms with Crippen molar-refractivity contribution in [1.82, 2.24) is 4.90 Å². The molecule has 2 heteroatoms. The molecule has 1 aromatic rings. The van der Waals surface area contributed by atoms with Crippen molar-refractivity contribution >= 4 is 0 Å². The molecule has 18 heavy (non-hydrogen) atoms. The Morgan fingerprint density at radius 3 is 3.06 bits per heavy atom. The van der Waals surface area contributed by atoms with E-state index in [2.05, 4.69) is 36.1 Å². The molecule has 1 saturated heterocycles. The largest absolute Gasteiger partial charge is 0.330 e. The fourth-order valence-electron chi connectivity index (χ4n) is 3.01. The number of benzene rings is 1. The average molecular weight is 246 g/mol. The maximum atomic E-state index is 5.61. The van der Waals surface area contributed by atoms with E-state index >= 15 is 0 Å². The standard InChI is InChI=1S/C16H26N2/c1-14-5-2-6-16(11-14)13-18-10-4-8-15(12-18)7-3-9-17/h2,5-6,11,15H,3-4,7-10,12-13,17H2,1H3. The lowest BCUT2D eigenvalue weighted by molar-refractivity contribution is 0.160. The lowest BCUT2D eigenvalue weighted by Gasteiger charge is -2.32. The van der Waals surface area contributed by atoms with Crippen LogP contribution in [0.2, 0.25) is 0 Å². The number of likely N-dealkylation sites (tertiary alicyclic amines) is 1. The molecule has 1 aromatic carbocycles. The molecular formula is C16H26N2. The van der Waals surface area contributed by atoms with E-state index < -0.39 is 0 Å². The van der Waals surface area contributed by atoms with E-state index in [1.807, 2.05) is 0 Å². The molecule has 2 N–H and O–H groups in total. The van der Waals surface area contributed by atoms with Gasteiger partial charge in [0.25, 0.3) is 0 Å². The Balaban J connectivity index is 1.85. The third kappa shape index (κ3) is 4.11. The third-order valence-electron chi connectivity index (χ3n) is 3.91. The number of piperidine rings is 1. The Morgan fingerprint density at radius 2 is 2.28 bits per heavy atom. The predicted octanol–water partition coefficient (Wildman–Crippen LogP) is 2.95. The van der Waals surface area contributed by atoms with Crippen LogP contribution in [0.25, 0.3) is 0 Å². The van der Waals surface area contributed by atoms with Crippen LogP contribution in [0.3, 0.4) is 0 Å². The number of hydrogen-bond donors (Lipinski definition) is 1. The van der Waals surface area contributed by atoms with Crippen molar-refractivity contribution in [3.05, 3.63) is 35.4 Å². The van der Waals surface area contributed by atoms with Crippen molar-refractivity contribution in [3.8, 4) is 0 Å². The minimum absolute atomic E-state index is 0.842. The summed E-state index contributed by atoms with van der Waals surface area (Å²) < 4.78 is 0. The van der Waals surface area contributed by atoms with Gasteiger partial charge >= 0.3 is 0 Å². The van der Waals surface area contributed by atoms with Crippen LogP contribution in [0.1, 0.15) is 36.8 Å². The average Bonchev–Trinajstić information content (AvgIpc) is 2.37. The van der Waals surface area contributed by atoms with Crippen LogP contribution in [-0.4, -0.2) is 24.5 Å². The molecule has 2 rings (SSSR count). The summed E-state index contributed by atoms with van der Waals surface area (Å²) in [6.07, 6.45) is 5.23. The lowest BCUT2D eigenvalue weighted by atomic mass is 9.93. The number of nitrogens with two attached hydrogens (primary N) is 1. The zero-order chi connectivity index (χ0) is 12.8. The van der Waals surface area contributed by atoms with E-state index in [1.54, 1.807) is 0 Å². The highest BCUT2D eigenvalue weighted by Crippen LogP contribution is 2.22. The molecule has 1 aliphatic rings. The van der Waals surface area contributed by atoms with E-state index in [9.17, 15) is 0 Å². The highest BCUT2D eigenvalue weighted by Gasteiger charge is 2.19. The zero-order valence-electron chi connectivity index (χ0n) is 11.6. The van der Waals surface area contributed by atoms with Gasteiger partial charge in [-0.05, 0) is 57.2 Å². The topological polar surface area (TPSA) is 29.3 Å². The number of nitrogens with zero attached hydrogens (tertiary/aromatic N) is 1. The van der Waals surface area contributed by atoms with Gasteiger partial charge in [-0.25, -0.2) is 0 Å². The first-order chi connectivity index (χ1) is 8.78. The van der Waals surface area contributed by atoms with Crippen molar-refractivity contribution in [2.45, 2.75) is 39.2 Å². The van der Waals surface area contributed by atoms with Crippen LogP contribution in [0.4, 0.5) is 0 Å². The minimum atomic E-state index is 0.842. The Labute approximate surface area is 111 Å². The molecule has 1 atom stereocenters. The molecule has 2 nitrogen and oxygen atoms in total. The molecule has 1 fully saturated rings. The van der Waals surface area contributed by atoms with Crippen molar-refractivity contribution in [2.24, 2.45) is 11.7 Å². The van der Waals surface area contributed by atoms with Gasteiger partial charge in [-0.3, -0.25) is 4.90 Å². The summed E-state index contributed by atoms with van der Waals surface area (Å²) in [5.74, 6) is 0.868. The summed E-state index contributed by atoms with van der Waals surface area (Å²) in [6.45, 7) is 6.64. The zero-order valence-corrected chi connectivity index (χ0v) is 11.6. The first-order valence-electron chi connectivity index (χ1n) is 7.26. The molecule has 0 spiro atoms. The Bertz CT molecular complexity index is 362. The van der Waals surface area contributed by atoms with Crippen molar-refractivity contribution < 1.29 is 0 Å². The maximum Gasteiger partial charge on any atom is 0.0233 e. The van der Waals surface area contributed by atoms with E-state index in [0.29, 0.717) is 0 Å². The van der Waals surface area contributed by atoms with Crippen LogP contribution >= 0.6 is 0 Å². The summed E-state index contributed by atoms with van der Waals surface area (Å²) in [4.78, 5) is 2.61. The fraction of sp³-hybridized carbons (Fsp3) is 0.625. The maximum absolute atomic E-state index is 5.61. The normalized spacial score (nSPS) is 21.1. The van der Waals surface area contributed by atoms with Gasteiger partial charge in [0, 0.05) is 13.1 Å². The van der Waals surface area contributed by atoms with Crippen LogP contribution in [0.15, 0.2) is 24.3 Å². The molecule has 0 aliphatic carbocycles. The van der Waals surface area contributed by atoms with Gasteiger partial charge in [0.05, 0.1) is 0 Å². The van der Waals surface area contributed by atoms with Gasteiger partial charge in [-0.1, -0.05) is 29.8 Å². The second-order valence-corrected chi connectivity index (χ2v) is 5.66. The molecule has 0 amide bonds. The van der Waals surface area contributed by atoms with Gasteiger partial charge in [0.2, 0.25) is 0 Å². The van der Waals surface area contributed by atoms with Crippen LogP contribution in [0.5, 0.6) is 0 Å². The summed E-state index contributed by atoms with van der Waals surface area (Å²) in [6, 6.07) is 8.89. The minimum Gasteiger partial charge on any atom is -0.330 e. The molecule has 0 saturated carbocycles. The molecule has 0 bridgehead atoms. The van der Waals surface area contributed by atoms with Gasteiger partial charge in [0.1, 0.15) is 0 Å². The van der Waals surface area contributed by atoms with E-state index in [-0.39, 0.29) is 0 Å². The first-order valence-corrected chi connectivity index (χ1v) is 7.26. The lowest BCUT2D eigenvalue weighted by Crippen LogP contribution is -2.35. The Kier molecular flexibility index (Phi) is 5.21. The van der Waals surface area contributed by atoms with Gasteiger partial charge in [0.15, 0.2) is 0 Å². The molecule has 0 radical (unpaired) electrons. The van der Waals surface area contributed by atoms with Crippen LogP contribution in [-0.2, 0) is 6.54 Å². The molecule has 1 heterocycles. The quantitative estimate of drug-likeness (QED) is 0.865. The second kappa shape index (κ2) is 6.91. The van der Waals surface area contributed by atoms with Crippen molar-refractivity contribution in [3.63, 3.8) is 0 Å². The summed E-state index contributed by atoms with van der Waals surface area (Å²) in [7, 11) is 0. The molecule has 100 valence electrons. The highest BCUT2D eigenvalue weighted by molar-refractivity contribution is 5.22. The highest BCUT2D eigenvalue weighted by atomic mass is 15.1. The Morgan fingerprint density at radius 1 is 1.39 bits per heavy atom. The van der Waals surface area contributed by atoms with Gasteiger partial charge in [-0.15, -0.1) is 0 Å². The Hall–Kier alpha value is -0.860. The van der Waals surface area contributed by atoms with Crippen LogP contribution < -0.4 is 5.73 Å². The molecule has 1 unspecified atom stereocenters. The molecule has 0 aromatic heterocycles. The van der Waals surface area contributed by atoms with Crippen LogP contribution in [0, 0.1) is 12.8 Å². The van der Waals surface area contributed by atoms with E-state index in [0.717, 1.165) is 19.0 Å². The second-order valence-electron chi connectivity index (χ2n) is 5.66. The van der Waals surface area contributed by atoms with Gasteiger partial charge in [-0.2, -0.15) is 0 Å². The summed E-state index contributed by atoms with van der Waals surface area (Å²) in [5.41, 5.74) is 8.43. The summed E-state index contributed by atoms with van der Waals surface area (Å²) >= 11 is 0. The van der Waals surface area contributed by atoms with Crippen molar-refractivity contribution in [2.75, 3.05) is 19.6 Å². The third-order valence-corrected chi connectivity index (χ3v) is 3.91. The molecule has 1 aliphatic heterocycles. The van der Waals surface area contributed by atoms with E-state index in [1.165, 1.54) is 49.9 Å². The predicted molar refractivity (Wildman–Crippen MR) is 77.5 cm³/mol. The van der Waals surface area contributed by atoms with Crippen molar-refractivity contribution in [1.29, 1.82) is 0 Å².